The third-order valence-corrected chi connectivity index (χ3v) is 6.50. The largest absolute Gasteiger partial charge is 0.444 e. The summed E-state index contributed by atoms with van der Waals surface area (Å²) in [6.07, 6.45) is -0.320. The van der Waals surface area contributed by atoms with E-state index in [1.54, 1.807) is 47.4 Å². The maximum absolute atomic E-state index is 12.6. The molecule has 1 saturated heterocycles. The lowest BCUT2D eigenvalue weighted by Crippen LogP contribution is -2.50. The molecule has 168 valence electrons. The molecule has 0 spiro atoms. The molecule has 1 amide bonds. The number of carbonyl (C=O) groups is 1. The molecule has 31 heavy (non-hydrogen) atoms. The summed E-state index contributed by atoms with van der Waals surface area (Å²) in [5.74, 6) is 0. The van der Waals surface area contributed by atoms with Crippen molar-refractivity contribution in [3.63, 3.8) is 0 Å². The van der Waals surface area contributed by atoms with E-state index >= 15 is 0 Å². The molecule has 1 fully saturated rings. The molecule has 0 bridgehead atoms. The van der Waals surface area contributed by atoms with Crippen LogP contribution in [0.15, 0.2) is 47.4 Å². The average Bonchev–Trinajstić information content (AvgIpc) is 2.67. The minimum absolute atomic E-state index is 0.191. The number of hydrogen-bond acceptors (Lipinski definition) is 5. The van der Waals surface area contributed by atoms with Crippen LogP contribution in [0.25, 0.3) is 0 Å². The molecule has 1 N–H and O–H groups in total. The minimum Gasteiger partial charge on any atom is -0.444 e. The maximum atomic E-state index is 12.6. The number of hydrogen-bond donors (Lipinski definition) is 1. The SMILES string of the molecule is Cc1ccc(S(=O)(=O)Nc2ccc(N3CCN(C(=O)OC(C)(C)C)CC3)c(Cl)c2)cc1. The van der Waals surface area contributed by atoms with Crippen LogP contribution in [-0.2, 0) is 14.8 Å². The van der Waals surface area contributed by atoms with Gasteiger partial charge in [0.2, 0.25) is 0 Å². The first-order valence-electron chi connectivity index (χ1n) is 10.1. The highest BCUT2D eigenvalue weighted by molar-refractivity contribution is 7.92. The Morgan fingerprint density at radius 2 is 1.65 bits per heavy atom. The van der Waals surface area contributed by atoms with Crippen LogP contribution >= 0.6 is 11.6 Å². The van der Waals surface area contributed by atoms with E-state index < -0.39 is 15.6 Å². The van der Waals surface area contributed by atoms with Crippen LogP contribution < -0.4 is 9.62 Å². The zero-order chi connectivity index (χ0) is 22.8. The molecule has 0 aliphatic carbocycles. The van der Waals surface area contributed by atoms with Crippen molar-refractivity contribution < 1.29 is 17.9 Å². The fourth-order valence-electron chi connectivity index (χ4n) is 3.21. The number of benzene rings is 2. The fourth-order valence-corrected chi connectivity index (χ4v) is 4.56. The van der Waals surface area contributed by atoms with Crippen molar-refractivity contribution in [2.24, 2.45) is 0 Å². The van der Waals surface area contributed by atoms with Crippen LogP contribution in [0, 0.1) is 6.92 Å². The number of aryl methyl sites for hydroxylation is 1. The van der Waals surface area contributed by atoms with Crippen molar-refractivity contribution >= 4 is 39.1 Å². The van der Waals surface area contributed by atoms with Gasteiger partial charge < -0.3 is 14.5 Å². The van der Waals surface area contributed by atoms with Crippen LogP contribution in [0.3, 0.4) is 0 Å². The van der Waals surface area contributed by atoms with Crippen molar-refractivity contribution in [2.75, 3.05) is 35.8 Å². The van der Waals surface area contributed by atoms with Gasteiger partial charge in [-0.1, -0.05) is 29.3 Å². The Morgan fingerprint density at radius 3 is 2.19 bits per heavy atom. The second-order valence-electron chi connectivity index (χ2n) is 8.54. The molecule has 0 radical (unpaired) electrons. The third-order valence-electron chi connectivity index (χ3n) is 4.80. The van der Waals surface area contributed by atoms with E-state index in [4.69, 9.17) is 16.3 Å². The van der Waals surface area contributed by atoms with Gasteiger partial charge in [0.05, 0.1) is 21.3 Å². The van der Waals surface area contributed by atoms with Gasteiger partial charge in [0, 0.05) is 26.2 Å². The van der Waals surface area contributed by atoms with E-state index in [0.29, 0.717) is 36.9 Å². The van der Waals surface area contributed by atoms with Crippen molar-refractivity contribution in [3.8, 4) is 0 Å². The Hall–Kier alpha value is -2.45. The summed E-state index contributed by atoms with van der Waals surface area (Å²) in [4.78, 5) is 16.2. The van der Waals surface area contributed by atoms with Gasteiger partial charge in [-0.15, -0.1) is 0 Å². The highest BCUT2D eigenvalue weighted by Gasteiger charge is 2.26. The van der Waals surface area contributed by atoms with Gasteiger partial charge in [-0.25, -0.2) is 13.2 Å². The molecule has 1 aliphatic heterocycles. The molecule has 9 heteroatoms. The highest BCUT2D eigenvalue weighted by Crippen LogP contribution is 2.31. The van der Waals surface area contributed by atoms with E-state index in [1.165, 1.54) is 0 Å². The predicted molar refractivity (Wildman–Crippen MR) is 123 cm³/mol. The average molecular weight is 466 g/mol. The van der Waals surface area contributed by atoms with E-state index in [-0.39, 0.29) is 11.0 Å². The van der Waals surface area contributed by atoms with Gasteiger partial charge in [0.15, 0.2) is 0 Å². The number of amides is 1. The third kappa shape index (κ3) is 6.04. The zero-order valence-corrected chi connectivity index (χ0v) is 19.8. The molecule has 7 nitrogen and oxygen atoms in total. The highest BCUT2D eigenvalue weighted by atomic mass is 35.5. The summed E-state index contributed by atoms with van der Waals surface area (Å²) in [6.45, 7) is 9.68. The van der Waals surface area contributed by atoms with Crippen molar-refractivity contribution in [1.82, 2.24) is 4.90 Å². The second kappa shape index (κ2) is 8.96. The normalized spacial score (nSPS) is 15.0. The Balaban J connectivity index is 1.65. The molecule has 2 aromatic carbocycles. The monoisotopic (exact) mass is 465 g/mol. The Labute approximate surface area is 189 Å². The van der Waals surface area contributed by atoms with E-state index in [0.717, 1.165) is 11.3 Å². The molecule has 0 aromatic heterocycles. The summed E-state index contributed by atoms with van der Waals surface area (Å²) >= 11 is 6.46. The first kappa shape index (κ1) is 23.2. The fraction of sp³-hybridized carbons (Fsp3) is 0.409. The second-order valence-corrected chi connectivity index (χ2v) is 10.6. The molecule has 1 heterocycles. The lowest BCUT2D eigenvalue weighted by Gasteiger charge is -2.37. The lowest BCUT2D eigenvalue weighted by atomic mass is 10.2. The number of carbonyl (C=O) groups excluding carboxylic acids is 1. The summed E-state index contributed by atoms with van der Waals surface area (Å²) in [7, 11) is -3.70. The predicted octanol–water partition coefficient (Wildman–Crippen LogP) is 4.51. The molecule has 2 aromatic rings. The van der Waals surface area contributed by atoms with Crippen molar-refractivity contribution in [1.29, 1.82) is 0 Å². The molecular formula is C22H28ClN3O4S. The van der Waals surface area contributed by atoms with E-state index in [2.05, 4.69) is 9.62 Å². The number of sulfonamides is 1. The molecule has 0 unspecified atom stereocenters. The summed E-state index contributed by atoms with van der Waals surface area (Å²) in [6, 6.07) is 11.7. The maximum Gasteiger partial charge on any atom is 0.410 e. The molecular weight excluding hydrogens is 438 g/mol. The minimum atomic E-state index is -3.70. The smallest absolute Gasteiger partial charge is 0.410 e. The Bertz CT molecular complexity index is 1040. The van der Waals surface area contributed by atoms with Crippen LogP contribution in [0.5, 0.6) is 0 Å². The number of anilines is 2. The Morgan fingerprint density at radius 1 is 1.03 bits per heavy atom. The number of ether oxygens (including phenoxy) is 1. The van der Waals surface area contributed by atoms with Crippen LogP contribution in [0.2, 0.25) is 5.02 Å². The molecule has 0 atom stereocenters. The number of nitrogens with zero attached hydrogens (tertiary/aromatic N) is 2. The van der Waals surface area contributed by atoms with Gasteiger partial charge in [-0.2, -0.15) is 0 Å². The van der Waals surface area contributed by atoms with Crippen LogP contribution in [0.4, 0.5) is 16.2 Å². The first-order valence-corrected chi connectivity index (χ1v) is 11.9. The topological polar surface area (TPSA) is 79.0 Å². The zero-order valence-electron chi connectivity index (χ0n) is 18.2. The van der Waals surface area contributed by atoms with E-state index in [9.17, 15) is 13.2 Å². The van der Waals surface area contributed by atoms with Gasteiger partial charge >= 0.3 is 6.09 Å². The van der Waals surface area contributed by atoms with Crippen LogP contribution in [-0.4, -0.2) is 51.2 Å². The standard InChI is InChI=1S/C22H28ClN3O4S/c1-16-5-8-18(9-6-16)31(28,29)24-17-7-10-20(19(23)15-17)25-11-13-26(14-12-25)21(27)30-22(2,3)4/h5-10,15,24H,11-14H2,1-4H3. The number of piperazine rings is 1. The van der Waals surface area contributed by atoms with Gasteiger partial charge in [-0.3, -0.25) is 4.72 Å². The number of halogens is 1. The van der Waals surface area contributed by atoms with E-state index in [1.807, 2.05) is 27.7 Å². The van der Waals surface area contributed by atoms with Gasteiger partial charge in [-0.05, 0) is 58.0 Å². The summed E-state index contributed by atoms with van der Waals surface area (Å²) in [5.41, 5.74) is 1.64. The van der Waals surface area contributed by atoms with Crippen LogP contribution in [0.1, 0.15) is 26.3 Å². The quantitative estimate of drug-likeness (QED) is 0.718. The van der Waals surface area contributed by atoms with Gasteiger partial charge in [0.1, 0.15) is 5.60 Å². The summed E-state index contributed by atoms with van der Waals surface area (Å²) in [5, 5.41) is 0.440. The molecule has 3 rings (SSSR count). The van der Waals surface area contributed by atoms with Gasteiger partial charge in [0.25, 0.3) is 10.0 Å². The molecule has 0 saturated carbocycles. The number of nitrogens with one attached hydrogen (secondary N) is 1. The van der Waals surface area contributed by atoms with Crippen molar-refractivity contribution in [3.05, 3.63) is 53.1 Å². The molecule has 1 aliphatic rings. The number of rotatable bonds is 4. The first-order chi connectivity index (χ1) is 14.4. The van der Waals surface area contributed by atoms with Crippen molar-refractivity contribution in [2.45, 2.75) is 38.2 Å². The Kier molecular flexibility index (Phi) is 6.71. The summed E-state index contributed by atoms with van der Waals surface area (Å²) < 4.78 is 33.2. The lowest BCUT2D eigenvalue weighted by molar-refractivity contribution is 0.0240.